The van der Waals surface area contributed by atoms with Gasteiger partial charge in [-0.3, -0.25) is 14.8 Å². The molecule has 1 amide bonds. The van der Waals surface area contributed by atoms with Crippen LogP contribution in [-0.4, -0.2) is 43.4 Å². The molecule has 0 aromatic carbocycles. The lowest BCUT2D eigenvalue weighted by atomic mass is 9.91. The Morgan fingerprint density at radius 2 is 1.96 bits per heavy atom. The number of nitrogens with zero attached hydrogens (tertiary/aromatic N) is 5. The first kappa shape index (κ1) is 18.3. The third-order valence-corrected chi connectivity index (χ3v) is 5.57. The predicted molar refractivity (Wildman–Crippen MR) is 108 cm³/mol. The Kier molecular flexibility index (Phi) is 5.19. The third kappa shape index (κ3) is 3.81. The van der Waals surface area contributed by atoms with E-state index < -0.39 is 0 Å². The maximum absolute atomic E-state index is 12.7. The normalized spacial score (nSPS) is 16.9. The number of aryl methyl sites for hydroxylation is 1. The van der Waals surface area contributed by atoms with Gasteiger partial charge in [0.1, 0.15) is 5.82 Å². The molecule has 1 aliphatic rings. The van der Waals surface area contributed by atoms with E-state index in [1.165, 1.54) is 5.56 Å². The maximum atomic E-state index is 12.7. The Morgan fingerprint density at radius 1 is 1.14 bits per heavy atom. The highest BCUT2D eigenvalue weighted by Crippen LogP contribution is 2.23. The number of carbonyl (C=O) groups is 1. The molecule has 0 bridgehead atoms. The third-order valence-electron chi connectivity index (χ3n) is 5.57. The first-order valence-corrected chi connectivity index (χ1v) is 9.74. The van der Waals surface area contributed by atoms with Gasteiger partial charge in [-0.1, -0.05) is 6.07 Å². The van der Waals surface area contributed by atoms with E-state index in [1.54, 1.807) is 24.5 Å². The van der Waals surface area contributed by atoms with Crippen LogP contribution in [0.1, 0.15) is 34.6 Å². The molecule has 1 saturated heterocycles. The van der Waals surface area contributed by atoms with Gasteiger partial charge in [0.25, 0.3) is 5.91 Å². The minimum atomic E-state index is 0.104. The average Bonchev–Trinajstić information content (AvgIpc) is 3.07. The summed E-state index contributed by atoms with van der Waals surface area (Å²) in [7, 11) is 2.00. The number of hydrogen-bond donors (Lipinski definition) is 0. The maximum Gasteiger partial charge on any atom is 0.253 e. The number of imidazole rings is 1. The summed E-state index contributed by atoms with van der Waals surface area (Å²) in [6.07, 6.45) is 10.3. The standard InChI is InChI=1S/C22H25N5O/c1-16-24-14-21(26(16)2)20-6-5-17(13-25-20)12-18-4-3-11-27(15-18)22(28)19-7-9-23-10-8-19/h5-10,13-14,18H,3-4,11-12,15H2,1-2H3/t18-/m0/s1. The number of aromatic nitrogens is 4. The zero-order chi connectivity index (χ0) is 19.5. The van der Waals surface area contributed by atoms with Crippen LogP contribution in [0, 0.1) is 12.8 Å². The van der Waals surface area contributed by atoms with Crippen LogP contribution in [0.25, 0.3) is 11.4 Å². The minimum Gasteiger partial charge on any atom is -0.338 e. The van der Waals surface area contributed by atoms with Crippen molar-refractivity contribution in [3.05, 3.63) is 66.0 Å². The van der Waals surface area contributed by atoms with Crippen LogP contribution in [-0.2, 0) is 13.5 Å². The van der Waals surface area contributed by atoms with Crippen molar-refractivity contribution in [2.45, 2.75) is 26.2 Å². The number of rotatable bonds is 4. The van der Waals surface area contributed by atoms with Gasteiger partial charge in [0.05, 0.1) is 17.6 Å². The molecule has 6 nitrogen and oxygen atoms in total. The molecule has 144 valence electrons. The fourth-order valence-corrected chi connectivity index (χ4v) is 3.86. The fourth-order valence-electron chi connectivity index (χ4n) is 3.86. The summed E-state index contributed by atoms with van der Waals surface area (Å²) < 4.78 is 2.05. The monoisotopic (exact) mass is 375 g/mol. The van der Waals surface area contributed by atoms with Crippen molar-refractivity contribution in [2.24, 2.45) is 13.0 Å². The van der Waals surface area contributed by atoms with E-state index in [4.69, 9.17) is 0 Å². The molecule has 3 aromatic heterocycles. The van der Waals surface area contributed by atoms with Crippen LogP contribution in [0.3, 0.4) is 0 Å². The van der Waals surface area contributed by atoms with Gasteiger partial charge in [-0.15, -0.1) is 0 Å². The Labute approximate surface area is 165 Å². The number of piperidine rings is 1. The molecule has 0 spiro atoms. The van der Waals surface area contributed by atoms with Gasteiger partial charge in [0.15, 0.2) is 0 Å². The van der Waals surface area contributed by atoms with Crippen molar-refractivity contribution in [1.29, 1.82) is 0 Å². The lowest BCUT2D eigenvalue weighted by Gasteiger charge is -2.33. The molecule has 0 saturated carbocycles. The molecule has 4 heterocycles. The largest absolute Gasteiger partial charge is 0.338 e. The van der Waals surface area contributed by atoms with Gasteiger partial charge in [0, 0.05) is 44.3 Å². The van der Waals surface area contributed by atoms with Crippen molar-refractivity contribution in [3.63, 3.8) is 0 Å². The van der Waals surface area contributed by atoms with Crippen LogP contribution < -0.4 is 0 Å². The number of likely N-dealkylation sites (tertiary alicyclic amines) is 1. The summed E-state index contributed by atoms with van der Waals surface area (Å²) >= 11 is 0. The zero-order valence-electron chi connectivity index (χ0n) is 16.4. The summed E-state index contributed by atoms with van der Waals surface area (Å²) in [6, 6.07) is 7.78. The highest BCUT2D eigenvalue weighted by molar-refractivity contribution is 5.94. The van der Waals surface area contributed by atoms with E-state index in [9.17, 15) is 4.79 Å². The second-order valence-electron chi connectivity index (χ2n) is 7.50. The Hall–Kier alpha value is -3.02. The van der Waals surface area contributed by atoms with Crippen LogP contribution in [0.15, 0.2) is 49.1 Å². The molecule has 6 heteroatoms. The molecule has 4 rings (SSSR count). The highest BCUT2D eigenvalue weighted by atomic mass is 16.2. The van der Waals surface area contributed by atoms with Gasteiger partial charge >= 0.3 is 0 Å². The summed E-state index contributed by atoms with van der Waals surface area (Å²) in [5, 5.41) is 0. The number of hydrogen-bond acceptors (Lipinski definition) is 4. The van der Waals surface area contributed by atoms with E-state index >= 15 is 0 Å². The molecule has 0 N–H and O–H groups in total. The summed E-state index contributed by atoms with van der Waals surface area (Å²) in [5.41, 5.74) is 3.89. The van der Waals surface area contributed by atoms with E-state index in [0.29, 0.717) is 11.5 Å². The van der Waals surface area contributed by atoms with E-state index in [2.05, 4.69) is 27.1 Å². The van der Waals surface area contributed by atoms with Gasteiger partial charge in [-0.2, -0.15) is 0 Å². The molecular formula is C22H25N5O. The van der Waals surface area contributed by atoms with E-state index in [0.717, 1.165) is 49.6 Å². The highest BCUT2D eigenvalue weighted by Gasteiger charge is 2.24. The molecule has 1 atom stereocenters. The smallest absolute Gasteiger partial charge is 0.253 e. The lowest BCUT2D eigenvalue weighted by molar-refractivity contribution is 0.0673. The molecule has 0 radical (unpaired) electrons. The van der Waals surface area contributed by atoms with Gasteiger partial charge in [-0.25, -0.2) is 4.98 Å². The zero-order valence-corrected chi connectivity index (χ0v) is 16.4. The second-order valence-corrected chi connectivity index (χ2v) is 7.50. The summed E-state index contributed by atoms with van der Waals surface area (Å²) in [4.78, 5) is 27.7. The quantitative estimate of drug-likeness (QED) is 0.702. The Morgan fingerprint density at radius 3 is 2.64 bits per heavy atom. The van der Waals surface area contributed by atoms with E-state index in [1.807, 2.05) is 35.8 Å². The van der Waals surface area contributed by atoms with Gasteiger partial charge in [-0.05, 0) is 55.9 Å². The first-order valence-electron chi connectivity index (χ1n) is 9.74. The van der Waals surface area contributed by atoms with Crippen LogP contribution in [0.2, 0.25) is 0 Å². The molecule has 0 aliphatic carbocycles. The van der Waals surface area contributed by atoms with Crippen molar-refractivity contribution in [1.82, 2.24) is 24.4 Å². The minimum absolute atomic E-state index is 0.104. The predicted octanol–water partition coefficient (Wildman–Crippen LogP) is 3.28. The second kappa shape index (κ2) is 7.92. The van der Waals surface area contributed by atoms with Gasteiger partial charge < -0.3 is 9.47 Å². The molecule has 0 unspecified atom stereocenters. The average molecular weight is 375 g/mol. The fraction of sp³-hybridized carbons (Fsp3) is 0.364. The SMILES string of the molecule is Cc1ncc(-c2ccc(C[C@@H]3CCCN(C(=O)c4ccncc4)C3)cn2)n1C. The van der Waals surface area contributed by atoms with E-state index in [-0.39, 0.29) is 5.91 Å². The summed E-state index contributed by atoms with van der Waals surface area (Å²) in [5.74, 6) is 1.54. The van der Waals surface area contributed by atoms with Crippen molar-refractivity contribution in [2.75, 3.05) is 13.1 Å². The van der Waals surface area contributed by atoms with Crippen molar-refractivity contribution < 1.29 is 4.79 Å². The van der Waals surface area contributed by atoms with Crippen molar-refractivity contribution in [3.8, 4) is 11.4 Å². The number of pyridine rings is 2. The van der Waals surface area contributed by atoms with Crippen LogP contribution in [0.4, 0.5) is 0 Å². The lowest BCUT2D eigenvalue weighted by Crippen LogP contribution is -2.40. The van der Waals surface area contributed by atoms with Crippen LogP contribution >= 0.6 is 0 Å². The number of carbonyl (C=O) groups excluding carboxylic acids is 1. The van der Waals surface area contributed by atoms with Crippen molar-refractivity contribution >= 4 is 5.91 Å². The molecule has 1 aliphatic heterocycles. The first-order chi connectivity index (χ1) is 13.6. The Balaban J connectivity index is 1.41. The molecular weight excluding hydrogens is 350 g/mol. The molecule has 3 aromatic rings. The van der Waals surface area contributed by atoms with Gasteiger partial charge in [0.2, 0.25) is 0 Å². The Bertz CT molecular complexity index is 949. The van der Waals surface area contributed by atoms with Crippen LogP contribution in [0.5, 0.6) is 0 Å². The molecule has 28 heavy (non-hydrogen) atoms. The molecule has 1 fully saturated rings. The topological polar surface area (TPSA) is 63.9 Å². The number of amides is 1. The summed E-state index contributed by atoms with van der Waals surface area (Å²) in [6.45, 7) is 3.61.